The lowest BCUT2D eigenvalue weighted by atomic mass is 10.1. The monoisotopic (exact) mass is 236 g/mol. The van der Waals surface area contributed by atoms with E-state index in [2.05, 4.69) is 10.4 Å². The molecule has 2 rings (SSSR count). The quantitative estimate of drug-likeness (QED) is 0.495. The minimum Gasteiger partial charge on any atom is -0.388 e. The maximum absolute atomic E-state index is 12.1. The van der Waals surface area contributed by atoms with E-state index in [9.17, 15) is 9.90 Å². The van der Waals surface area contributed by atoms with Crippen molar-refractivity contribution in [1.82, 2.24) is 9.88 Å². The van der Waals surface area contributed by atoms with E-state index in [1.54, 1.807) is 24.0 Å². The summed E-state index contributed by atoms with van der Waals surface area (Å²) in [6.07, 6.45) is 2.08. The highest BCUT2D eigenvalue weighted by atomic mass is 16.3. The number of likely N-dealkylation sites (tertiary alicyclic amines) is 1. The Morgan fingerprint density at radius 1 is 1.65 bits per heavy atom. The third-order valence-electron chi connectivity index (χ3n) is 2.90. The lowest BCUT2D eigenvalue weighted by molar-refractivity contribution is 0.0572. The number of hydrazine groups is 1. The normalized spacial score (nSPS) is 23.8. The van der Waals surface area contributed by atoms with Crippen molar-refractivity contribution in [1.29, 1.82) is 0 Å². The standard InChI is InChI=1S/C11H16N4O2/c1-11(17)4-5-15(7-11)10(16)8-2-3-9(14-12)13-6-8/h2-3,6,17H,4-5,7,12H2,1H3,(H,13,14). The van der Waals surface area contributed by atoms with Gasteiger partial charge in [0.25, 0.3) is 5.91 Å². The van der Waals surface area contributed by atoms with Gasteiger partial charge in [0.1, 0.15) is 5.82 Å². The fourth-order valence-electron chi connectivity index (χ4n) is 1.91. The number of pyridine rings is 1. The van der Waals surface area contributed by atoms with Gasteiger partial charge in [-0.2, -0.15) is 0 Å². The number of carbonyl (C=O) groups is 1. The predicted octanol–water partition coefficient (Wildman–Crippen LogP) is -0.0359. The summed E-state index contributed by atoms with van der Waals surface area (Å²) in [5.74, 6) is 5.59. The molecule has 92 valence electrons. The molecular weight excluding hydrogens is 220 g/mol. The summed E-state index contributed by atoms with van der Waals surface area (Å²) in [6.45, 7) is 2.67. The van der Waals surface area contributed by atoms with E-state index >= 15 is 0 Å². The number of nitrogens with two attached hydrogens (primary N) is 1. The number of amides is 1. The van der Waals surface area contributed by atoms with E-state index in [1.807, 2.05) is 0 Å². The number of β-amino-alcohol motifs (C(OH)–C–C–N with tert-alkyl or cyclic N) is 1. The smallest absolute Gasteiger partial charge is 0.255 e. The fraction of sp³-hybridized carbons (Fsp3) is 0.455. The number of hydrogen-bond acceptors (Lipinski definition) is 5. The molecule has 6 heteroatoms. The van der Waals surface area contributed by atoms with E-state index in [0.29, 0.717) is 30.9 Å². The van der Waals surface area contributed by atoms with Gasteiger partial charge in [0, 0.05) is 19.3 Å². The third-order valence-corrected chi connectivity index (χ3v) is 2.90. The Hall–Kier alpha value is -1.66. The molecule has 6 nitrogen and oxygen atoms in total. The van der Waals surface area contributed by atoms with Crippen LogP contribution in [0.5, 0.6) is 0 Å². The highest BCUT2D eigenvalue weighted by molar-refractivity contribution is 5.94. The van der Waals surface area contributed by atoms with Crippen LogP contribution in [0.3, 0.4) is 0 Å². The topological polar surface area (TPSA) is 91.5 Å². The van der Waals surface area contributed by atoms with Crippen LogP contribution in [-0.2, 0) is 0 Å². The van der Waals surface area contributed by atoms with Gasteiger partial charge in [-0.05, 0) is 25.5 Å². The largest absolute Gasteiger partial charge is 0.388 e. The summed E-state index contributed by atoms with van der Waals surface area (Å²) >= 11 is 0. The second kappa shape index (κ2) is 4.31. The van der Waals surface area contributed by atoms with E-state index in [0.717, 1.165) is 0 Å². The van der Waals surface area contributed by atoms with Crippen LogP contribution < -0.4 is 11.3 Å². The van der Waals surface area contributed by atoms with Gasteiger partial charge in [0.2, 0.25) is 0 Å². The van der Waals surface area contributed by atoms with Gasteiger partial charge in [-0.1, -0.05) is 0 Å². The van der Waals surface area contributed by atoms with Gasteiger partial charge in [-0.3, -0.25) is 4.79 Å². The van der Waals surface area contributed by atoms with Gasteiger partial charge >= 0.3 is 0 Å². The van der Waals surface area contributed by atoms with Crippen molar-refractivity contribution in [2.24, 2.45) is 5.84 Å². The second-order valence-electron chi connectivity index (χ2n) is 4.55. The average molecular weight is 236 g/mol. The van der Waals surface area contributed by atoms with Crippen LogP contribution in [-0.4, -0.2) is 39.6 Å². The summed E-state index contributed by atoms with van der Waals surface area (Å²) in [7, 11) is 0. The van der Waals surface area contributed by atoms with Gasteiger partial charge in [-0.25, -0.2) is 10.8 Å². The van der Waals surface area contributed by atoms with E-state index in [4.69, 9.17) is 5.84 Å². The van der Waals surface area contributed by atoms with Gasteiger partial charge in [-0.15, -0.1) is 0 Å². The molecule has 0 radical (unpaired) electrons. The molecule has 1 fully saturated rings. The summed E-state index contributed by atoms with van der Waals surface area (Å²) in [5.41, 5.74) is 2.13. The van der Waals surface area contributed by atoms with Crippen molar-refractivity contribution >= 4 is 11.7 Å². The zero-order valence-electron chi connectivity index (χ0n) is 9.68. The Labute approximate surface area is 99.4 Å². The summed E-state index contributed by atoms with van der Waals surface area (Å²) < 4.78 is 0. The highest BCUT2D eigenvalue weighted by Gasteiger charge is 2.34. The van der Waals surface area contributed by atoms with Gasteiger partial charge in [0.15, 0.2) is 0 Å². The lowest BCUT2D eigenvalue weighted by Crippen LogP contribution is -2.33. The highest BCUT2D eigenvalue weighted by Crippen LogP contribution is 2.22. The number of carbonyl (C=O) groups excluding carboxylic acids is 1. The molecule has 4 N–H and O–H groups in total. The van der Waals surface area contributed by atoms with Crippen LogP contribution in [0.1, 0.15) is 23.7 Å². The average Bonchev–Trinajstić information content (AvgIpc) is 2.69. The molecule has 0 aromatic carbocycles. The van der Waals surface area contributed by atoms with Crippen molar-refractivity contribution in [3.63, 3.8) is 0 Å². The van der Waals surface area contributed by atoms with Crippen LogP contribution in [0, 0.1) is 0 Å². The molecule has 17 heavy (non-hydrogen) atoms. The lowest BCUT2D eigenvalue weighted by Gasteiger charge is -2.18. The number of aliphatic hydroxyl groups is 1. The Bertz CT molecular complexity index is 416. The summed E-state index contributed by atoms with van der Waals surface area (Å²) in [4.78, 5) is 17.7. The number of nitrogens with one attached hydrogen (secondary N) is 1. The van der Waals surface area contributed by atoms with Crippen LogP contribution >= 0.6 is 0 Å². The zero-order chi connectivity index (χ0) is 12.5. The number of nitrogen functional groups attached to an aromatic ring is 1. The van der Waals surface area contributed by atoms with E-state index in [-0.39, 0.29) is 5.91 Å². The van der Waals surface area contributed by atoms with Crippen molar-refractivity contribution < 1.29 is 9.90 Å². The Morgan fingerprint density at radius 3 is 2.88 bits per heavy atom. The molecule has 0 bridgehead atoms. The van der Waals surface area contributed by atoms with Crippen molar-refractivity contribution in [2.45, 2.75) is 18.9 Å². The fourth-order valence-corrected chi connectivity index (χ4v) is 1.91. The Balaban J connectivity index is 2.09. The molecule has 1 aliphatic heterocycles. The molecule has 1 unspecified atom stereocenters. The Morgan fingerprint density at radius 2 is 2.41 bits per heavy atom. The summed E-state index contributed by atoms with van der Waals surface area (Å²) in [6, 6.07) is 3.30. The first-order valence-corrected chi connectivity index (χ1v) is 5.46. The van der Waals surface area contributed by atoms with Crippen LogP contribution in [0.25, 0.3) is 0 Å². The van der Waals surface area contributed by atoms with Crippen molar-refractivity contribution in [3.05, 3.63) is 23.9 Å². The molecule has 1 aliphatic rings. The molecule has 0 aliphatic carbocycles. The molecule has 1 amide bonds. The van der Waals surface area contributed by atoms with Gasteiger partial charge in [0.05, 0.1) is 11.2 Å². The molecular formula is C11H16N4O2. The molecule has 0 saturated carbocycles. The molecule has 1 aromatic heterocycles. The first kappa shape index (κ1) is 11.8. The number of aromatic nitrogens is 1. The third kappa shape index (κ3) is 2.54. The molecule has 0 spiro atoms. The molecule has 1 aromatic rings. The minimum atomic E-state index is -0.776. The van der Waals surface area contributed by atoms with Crippen LogP contribution in [0.4, 0.5) is 5.82 Å². The number of rotatable bonds is 2. The summed E-state index contributed by atoms with van der Waals surface area (Å²) in [5, 5.41) is 9.81. The number of nitrogens with zero attached hydrogens (tertiary/aromatic N) is 2. The Kier molecular flexibility index (Phi) is 2.99. The van der Waals surface area contributed by atoms with Crippen molar-refractivity contribution in [3.8, 4) is 0 Å². The first-order valence-electron chi connectivity index (χ1n) is 5.46. The number of anilines is 1. The molecule has 1 saturated heterocycles. The van der Waals surface area contributed by atoms with E-state index in [1.165, 1.54) is 6.20 Å². The zero-order valence-corrected chi connectivity index (χ0v) is 9.68. The SMILES string of the molecule is CC1(O)CCN(C(=O)c2ccc(NN)nc2)C1. The van der Waals surface area contributed by atoms with Crippen LogP contribution in [0.2, 0.25) is 0 Å². The van der Waals surface area contributed by atoms with E-state index < -0.39 is 5.60 Å². The maximum Gasteiger partial charge on any atom is 0.255 e. The van der Waals surface area contributed by atoms with Crippen molar-refractivity contribution in [2.75, 3.05) is 18.5 Å². The van der Waals surface area contributed by atoms with Crippen LogP contribution in [0.15, 0.2) is 18.3 Å². The molecule has 1 atom stereocenters. The second-order valence-corrected chi connectivity index (χ2v) is 4.55. The maximum atomic E-state index is 12.1. The number of hydrogen-bond donors (Lipinski definition) is 3. The van der Waals surface area contributed by atoms with Gasteiger partial charge < -0.3 is 15.4 Å². The minimum absolute atomic E-state index is 0.112. The predicted molar refractivity (Wildman–Crippen MR) is 63.2 cm³/mol. The molecule has 2 heterocycles. The first-order chi connectivity index (χ1) is 8.02.